The first-order valence-corrected chi connectivity index (χ1v) is 10.3. The van der Waals surface area contributed by atoms with Crippen LogP contribution in [0.4, 0.5) is 4.39 Å². The number of thiophene rings is 1. The monoisotopic (exact) mass is 398 g/mol. The van der Waals surface area contributed by atoms with E-state index in [-0.39, 0.29) is 30.8 Å². The number of carbonyl (C=O) groups is 1. The van der Waals surface area contributed by atoms with E-state index in [1.54, 1.807) is 0 Å². The molecule has 1 aliphatic rings. The molecule has 2 aromatic carbocycles. The standard InChI is InChI=1S/C22H23FN2O2S/c23-17-7-5-15(6-8-17)13-25-11-9-16(14-25)20-18-3-1-2-4-19(18)28-21(20)22(27)24-10-12-26/h1-8,16,26H,9-14H2,(H,24,27). The van der Waals surface area contributed by atoms with Crippen molar-refractivity contribution in [2.45, 2.75) is 18.9 Å². The zero-order valence-electron chi connectivity index (χ0n) is 15.5. The van der Waals surface area contributed by atoms with Crippen molar-refractivity contribution in [3.8, 4) is 0 Å². The van der Waals surface area contributed by atoms with Crippen molar-refractivity contribution in [3.63, 3.8) is 0 Å². The molecule has 0 spiro atoms. The molecule has 1 amide bonds. The molecule has 28 heavy (non-hydrogen) atoms. The molecular formula is C22H23FN2O2S. The lowest BCUT2D eigenvalue weighted by Gasteiger charge is -2.17. The molecule has 0 bridgehead atoms. The minimum Gasteiger partial charge on any atom is -0.395 e. The number of aliphatic hydroxyl groups is 1. The van der Waals surface area contributed by atoms with Crippen LogP contribution < -0.4 is 5.32 Å². The second kappa shape index (κ2) is 8.39. The van der Waals surface area contributed by atoms with Gasteiger partial charge in [-0.2, -0.15) is 0 Å². The number of hydrogen-bond donors (Lipinski definition) is 2. The van der Waals surface area contributed by atoms with Gasteiger partial charge in [0.1, 0.15) is 5.82 Å². The average Bonchev–Trinajstić information content (AvgIpc) is 3.32. The molecule has 2 N–H and O–H groups in total. The fourth-order valence-electron chi connectivity index (χ4n) is 3.95. The predicted octanol–water partition coefficient (Wildman–Crippen LogP) is 3.75. The number of amides is 1. The maximum atomic E-state index is 13.1. The molecule has 1 fully saturated rings. The minimum absolute atomic E-state index is 0.0686. The van der Waals surface area contributed by atoms with Crippen molar-refractivity contribution in [3.05, 3.63) is 70.4 Å². The Balaban J connectivity index is 1.58. The summed E-state index contributed by atoms with van der Waals surface area (Å²) in [6, 6.07) is 14.8. The topological polar surface area (TPSA) is 52.6 Å². The Labute approximate surface area is 167 Å². The molecule has 1 saturated heterocycles. The highest BCUT2D eigenvalue weighted by atomic mass is 32.1. The molecule has 0 aliphatic carbocycles. The van der Waals surface area contributed by atoms with E-state index in [0.717, 1.165) is 52.1 Å². The Morgan fingerprint density at radius 2 is 2.00 bits per heavy atom. The first kappa shape index (κ1) is 19.1. The van der Waals surface area contributed by atoms with Crippen LogP contribution in [0.1, 0.15) is 33.1 Å². The molecular weight excluding hydrogens is 375 g/mol. The number of nitrogens with one attached hydrogen (secondary N) is 1. The van der Waals surface area contributed by atoms with Crippen LogP contribution in [-0.2, 0) is 6.54 Å². The maximum absolute atomic E-state index is 13.1. The van der Waals surface area contributed by atoms with Crippen LogP contribution in [0.25, 0.3) is 10.1 Å². The molecule has 6 heteroatoms. The Morgan fingerprint density at radius 3 is 2.79 bits per heavy atom. The number of fused-ring (bicyclic) bond motifs is 1. The van der Waals surface area contributed by atoms with Gasteiger partial charge in [0.05, 0.1) is 11.5 Å². The summed E-state index contributed by atoms with van der Waals surface area (Å²) >= 11 is 1.52. The second-order valence-corrected chi connectivity index (χ2v) is 8.22. The van der Waals surface area contributed by atoms with E-state index in [4.69, 9.17) is 5.11 Å². The van der Waals surface area contributed by atoms with Gasteiger partial charge in [-0.1, -0.05) is 30.3 Å². The first-order chi connectivity index (χ1) is 13.7. The summed E-state index contributed by atoms with van der Waals surface area (Å²) in [5, 5.41) is 13.0. The number of likely N-dealkylation sites (tertiary alicyclic amines) is 1. The highest BCUT2D eigenvalue weighted by Gasteiger charge is 2.30. The third-order valence-electron chi connectivity index (χ3n) is 5.24. The lowest BCUT2D eigenvalue weighted by Crippen LogP contribution is -2.27. The summed E-state index contributed by atoms with van der Waals surface area (Å²) < 4.78 is 14.3. The SMILES string of the molecule is O=C(NCCO)c1sc2ccccc2c1C1CCN(Cc2ccc(F)cc2)C1. The van der Waals surface area contributed by atoms with Crippen LogP contribution in [0.3, 0.4) is 0 Å². The fourth-order valence-corrected chi connectivity index (χ4v) is 5.15. The lowest BCUT2D eigenvalue weighted by molar-refractivity contribution is 0.0947. The summed E-state index contributed by atoms with van der Waals surface area (Å²) in [4.78, 5) is 15.8. The highest BCUT2D eigenvalue weighted by molar-refractivity contribution is 7.21. The summed E-state index contributed by atoms with van der Waals surface area (Å²) in [6.07, 6.45) is 0.988. The van der Waals surface area contributed by atoms with Crippen LogP contribution in [0.5, 0.6) is 0 Å². The van der Waals surface area contributed by atoms with Crippen LogP contribution in [0.2, 0.25) is 0 Å². The molecule has 1 atom stereocenters. The van der Waals surface area contributed by atoms with Gasteiger partial charge in [-0.3, -0.25) is 9.69 Å². The van der Waals surface area contributed by atoms with E-state index in [0.29, 0.717) is 0 Å². The molecule has 4 nitrogen and oxygen atoms in total. The number of carbonyl (C=O) groups excluding carboxylic acids is 1. The molecule has 3 aromatic rings. The number of nitrogens with zero attached hydrogens (tertiary/aromatic N) is 1. The molecule has 2 heterocycles. The van der Waals surface area contributed by atoms with Crippen molar-refractivity contribution >= 4 is 27.3 Å². The van der Waals surface area contributed by atoms with Gasteiger partial charge in [0.15, 0.2) is 0 Å². The molecule has 1 unspecified atom stereocenters. The molecule has 1 aliphatic heterocycles. The van der Waals surface area contributed by atoms with E-state index >= 15 is 0 Å². The number of hydrogen-bond acceptors (Lipinski definition) is 4. The van der Waals surface area contributed by atoms with Gasteiger partial charge in [0.25, 0.3) is 5.91 Å². The summed E-state index contributed by atoms with van der Waals surface area (Å²) in [6.45, 7) is 2.79. The van der Waals surface area contributed by atoms with Gasteiger partial charge in [0.2, 0.25) is 0 Å². The normalized spacial score (nSPS) is 17.3. The van der Waals surface area contributed by atoms with E-state index in [2.05, 4.69) is 22.3 Å². The van der Waals surface area contributed by atoms with Crippen molar-refractivity contribution in [1.29, 1.82) is 0 Å². The molecule has 0 radical (unpaired) electrons. The summed E-state index contributed by atoms with van der Waals surface area (Å²) in [5.41, 5.74) is 2.22. The van der Waals surface area contributed by atoms with Crippen LogP contribution in [0, 0.1) is 5.82 Å². The van der Waals surface area contributed by atoms with Gasteiger partial charge in [-0.05, 0) is 47.7 Å². The zero-order valence-corrected chi connectivity index (χ0v) is 16.3. The van der Waals surface area contributed by atoms with Crippen molar-refractivity contribution in [2.75, 3.05) is 26.2 Å². The summed E-state index contributed by atoms with van der Waals surface area (Å²) in [5.74, 6) is -0.0416. The number of halogens is 1. The second-order valence-electron chi connectivity index (χ2n) is 7.17. The van der Waals surface area contributed by atoms with Crippen molar-refractivity contribution < 1.29 is 14.3 Å². The lowest BCUT2D eigenvalue weighted by atomic mass is 9.95. The maximum Gasteiger partial charge on any atom is 0.261 e. The number of aliphatic hydroxyl groups excluding tert-OH is 1. The van der Waals surface area contributed by atoms with Crippen LogP contribution in [0.15, 0.2) is 48.5 Å². The van der Waals surface area contributed by atoms with E-state index in [1.807, 2.05) is 24.3 Å². The van der Waals surface area contributed by atoms with Gasteiger partial charge in [0, 0.05) is 30.3 Å². The van der Waals surface area contributed by atoms with Gasteiger partial charge in [-0.25, -0.2) is 4.39 Å². The average molecular weight is 399 g/mol. The van der Waals surface area contributed by atoms with Gasteiger partial charge >= 0.3 is 0 Å². The van der Waals surface area contributed by atoms with Crippen molar-refractivity contribution in [1.82, 2.24) is 10.2 Å². The highest BCUT2D eigenvalue weighted by Crippen LogP contribution is 2.40. The van der Waals surface area contributed by atoms with E-state index in [9.17, 15) is 9.18 Å². The first-order valence-electron chi connectivity index (χ1n) is 9.53. The molecule has 0 saturated carbocycles. The largest absolute Gasteiger partial charge is 0.395 e. The van der Waals surface area contributed by atoms with Crippen molar-refractivity contribution in [2.24, 2.45) is 0 Å². The molecule has 146 valence electrons. The molecule has 1 aromatic heterocycles. The van der Waals surface area contributed by atoms with Gasteiger partial charge < -0.3 is 10.4 Å². The quantitative estimate of drug-likeness (QED) is 0.665. The predicted molar refractivity (Wildman–Crippen MR) is 110 cm³/mol. The Hall–Kier alpha value is -2.28. The zero-order chi connectivity index (χ0) is 19.5. The molecule has 4 rings (SSSR count). The number of benzene rings is 2. The minimum atomic E-state index is -0.216. The van der Waals surface area contributed by atoms with Crippen LogP contribution in [-0.4, -0.2) is 42.2 Å². The van der Waals surface area contributed by atoms with Crippen LogP contribution >= 0.6 is 11.3 Å². The van der Waals surface area contributed by atoms with Gasteiger partial charge in [-0.15, -0.1) is 11.3 Å². The summed E-state index contributed by atoms with van der Waals surface area (Å²) in [7, 11) is 0. The Morgan fingerprint density at radius 1 is 1.21 bits per heavy atom. The Kier molecular flexibility index (Phi) is 5.71. The van der Waals surface area contributed by atoms with E-state index < -0.39 is 0 Å². The van der Waals surface area contributed by atoms with E-state index in [1.165, 1.54) is 23.5 Å². The fraction of sp³-hybridized carbons (Fsp3) is 0.318. The third-order valence-corrected chi connectivity index (χ3v) is 6.42. The smallest absolute Gasteiger partial charge is 0.261 e. The number of rotatable bonds is 6. The Bertz CT molecular complexity index is 970. The third kappa shape index (κ3) is 3.94.